The summed E-state index contributed by atoms with van der Waals surface area (Å²) in [4.78, 5) is 15.6. The van der Waals surface area contributed by atoms with E-state index >= 15 is 0 Å². The first-order valence-electron chi connectivity index (χ1n) is 5.04. The van der Waals surface area contributed by atoms with E-state index in [9.17, 15) is 4.79 Å². The standard InChI is InChI=1S/C14H11NO/c16-14(13-8-10-15-11-9-13)7-6-12-4-2-1-3-5-12/h1-11H/b7-6-. The Hall–Kier alpha value is -2.22. The lowest BCUT2D eigenvalue weighted by atomic mass is 10.1. The van der Waals surface area contributed by atoms with Gasteiger partial charge in [0.1, 0.15) is 0 Å². The van der Waals surface area contributed by atoms with Crippen molar-refractivity contribution in [2.24, 2.45) is 0 Å². The molecule has 2 nitrogen and oxygen atoms in total. The Morgan fingerprint density at radius 1 is 1.00 bits per heavy atom. The monoisotopic (exact) mass is 209 g/mol. The zero-order chi connectivity index (χ0) is 11.2. The Kier molecular flexibility index (Phi) is 3.24. The number of aromatic nitrogens is 1. The number of carbonyl (C=O) groups excluding carboxylic acids is 1. The van der Waals surface area contributed by atoms with Crippen LogP contribution in [0, 0.1) is 0 Å². The largest absolute Gasteiger partial charge is 0.289 e. The zero-order valence-electron chi connectivity index (χ0n) is 8.71. The van der Waals surface area contributed by atoms with Gasteiger partial charge in [-0.15, -0.1) is 0 Å². The maximum atomic E-state index is 11.7. The first kappa shape index (κ1) is 10.3. The van der Waals surface area contributed by atoms with Crippen molar-refractivity contribution in [2.45, 2.75) is 0 Å². The summed E-state index contributed by atoms with van der Waals surface area (Å²) in [5.41, 5.74) is 1.67. The van der Waals surface area contributed by atoms with Crippen molar-refractivity contribution < 1.29 is 4.79 Å². The highest BCUT2D eigenvalue weighted by Gasteiger charge is 1.99. The van der Waals surface area contributed by atoms with Crippen LogP contribution in [0.5, 0.6) is 0 Å². The van der Waals surface area contributed by atoms with Gasteiger partial charge in [-0.25, -0.2) is 0 Å². The normalized spacial score (nSPS) is 10.5. The molecule has 0 saturated heterocycles. The summed E-state index contributed by atoms with van der Waals surface area (Å²) >= 11 is 0. The van der Waals surface area contributed by atoms with Crippen molar-refractivity contribution in [1.29, 1.82) is 0 Å². The lowest BCUT2D eigenvalue weighted by molar-refractivity contribution is 0.104. The topological polar surface area (TPSA) is 30.0 Å². The van der Waals surface area contributed by atoms with Gasteiger partial charge in [-0.2, -0.15) is 0 Å². The van der Waals surface area contributed by atoms with E-state index < -0.39 is 0 Å². The van der Waals surface area contributed by atoms with Crippen molar-refractivity contribution in [2.75, 3.05) is 0 Å². The highest BCUT2D eigenvalue weighted by atomic mass is 16.1. The molecule has 2 rings (SSSR count). The number of benzene rings is 1. The van der Waals surface area contributed by atoms with Crippen molar-refractivity contribution >= 4 is 11.9 Å². The quantitative estimate of drug-likeness (QED) is 0.574. The van der Waals surface area contributed by atoms with Gasteiger partial charge in [0, 0.05) is 18.0 Å². The second kappa shape index (κ2) is 5.03. The summed E-state index contributed by atoms with van der Waals surface area (Å²) in [6.07, 6.45) is 6.61. The van der Waals surface area contributed by atoms with Gasteiger partial charge in [0.2, 0.25) is 0 Å². The third-order valence-corrected chi connectivity index (χ3v) is 2.19. The van der Waals surface area contributed by atoms with Gasteiger partial charge in [0.05, 0.1) is 0 Å². The minimum absolute atomic E-state index is 0.00810. The molecular formula is C14H11NO. The number of hydrogen-bond acceptors (Lipinski definition) is 2. The molecule has 0 saturated carbocycles. The molecule has 0 aliphatic heterocycles. The Morgan fingerprint density at radius 2 is 1.69 bits per heavy atom. The van der Waals surface area contributed by atoms with Crippen LogP contribution in [0.1, 0.15) is 15.9 Å². The molecule has 0 radical (unpaired) electrons. The first-order chi connectivity index (χ1) is 7.86. The number of carbonyl (C=O) groups is 1. The number of rotatable bonds is 3. The minimum atomic E-state index is -0.00810. The van der Waals surface area contributed by atoms with Gasteiger partial charge >= 0.3 is 0 Å². The molecule has 0 bridgehead atoms. The zero-order valence-corrected chi connectivity index (χ0v) is 8.71. The Bertz CT molecular complexity index is 489. The summed E-state index contributed by atoms with van der Waals surface area (Å²) in [7, 11) is 0. The molecule has 16 heavy (non-hydrogen) atoms. The van der Waals surface area contributed by atoms with Crippen molar-refractivity contribution in [3.63, 3.8) is 0 Å². The number of allylic oxidation sites excluding steroid dienone is 1. The van der Waals surface area contributed by atoms with E-state index in [4.69, 9.17) is 0 Å². The molecule has 1 heterocycles. The molecule has 0 atom stereocenters. The van der Waals surface area contributed by atoms with E-state index in [0.29, 0.717) is 5.56 Å². The molecule has 0 spiro atoms. The predicted molar refractivity (Wildman–Crippen MR) is 64.0 cm³/mol. The SMILES string of the molecule is O=C(/C=C\c1ccccc1)c1ccncc1. The van der Waals surface area contributed by atoms with Gasteiger partial charge in [-0.3, -0.25) is 9.78 Å². The molecule has 0 fully saturated rings. The fraction of sp³-hybridized carbons (Fsp3) is 0. The molecule has 2 heteroatoms. The Balaban J connectivity index is 2.12. The number of pyridine rings is 1. The van der Waals surface area contributed by atoms with Crippen LogP contribution in [0.3, 0.4) is 0 Å². The maximum absolute atomic E-state index is 11.7. The Labute approximate surface area is 94.3 Å². The van der Waals surface area contributed by atoms with Crippen LogP contribution in [0.25, 0.3) is 6.08 Å². The second-order valence-corrected chi connectivity index (χ2v) is 3.34. The molecule has 0 aliphatic carbocycles. The molecule has 0 N–H and O–H groups in total. The van der Waals surface area contributed by atoms with E-state index in [2.05, 4.69) is 4.98 Å². The highest BCUT2D eigenvalue weighted by Crippen LogP contribution is 2.04. The van der Waals surface area contributed by atoms with Crippen LogP contribution in [-0.4, -0.2) is 10.8 Å². The van der Waals surface area contributed by atoms with Crippen LogP contribution in [0.15, 0.2) is 60.9 Å². The molecule has 1 aromatic heterocycles. The maximum Gasteiger partial charge on any atom is 0.185 e. The molecule has 0 amide bonds. The van der Waals surface area contributed by atoms with Crippen molar-refractivity contribution in [3.05, 3.63) is 72.1 Å². The van der Waals surface area contributed by atoms with E-state index in [-0.39, 0.29) is 5.78 Å². The van der Waals surface area contributed by atoms with Gasteiger partial charge in [0.25, 0.3) is 0 Å². The average Bonchev–Trinajstić information content (AvgIpc) is 2.38. The van der Waals surface area contributed by atoms with Crippen LogP contribution in [-0.2, 0) is 0 Å². The summed E-state index contributed by atoms with van der Waals surface area (Å²) in [6.45, 7) is 0. The first-order valence-corrected chi connectivity index (χ1v) is 5.04. The highest BCUT2D eigenvalue weighted by molar-refractivity contribution is 6.06. The van der Waals surface area contributed by atoms with Crippen molar-refractivity contribution in [1.82, 2.24) is 4.98 Å². The van der Waals surface area contributed by atoms with Gasteiger partial charge in [0.15, 0.2) is 5.78 Å². The number of hydrogen-bond donors (Lipinski definition) is 0. The van der Waals surface area contributed by atoms with Gasteiger partial charge in [-0.05, 0) is 23.8 Å². The molecule has 1 aromatic carbocycles. The lowest BCUT2D eigenvalue weighted by Crippen LogP contribution is -1.93. The van der Waals surface area contributed by atoms with Crippen LogP contribution < -0.4 is 0 Å². The summed E-state index contributed by atoms with van der Waals surface area (Å²) in [5.74, 6) is -0.00810. The second-order valence-electron chi connectivity index (χ2n) is 3.34. The summed E-state index contributed by atoms with van der Waals surface area (Å²) in [6, 6.07) is 13.1. The lowest BCUT2D eigenvalue weighted by Gasteiger charge is -1.94. The predicted octanol–water partition coefficient (Wildman–Crippen LogP) is 2.98. The number of nitrogens with zero attached hydrogens (tertiary/aromatic N) is 1. The fourth-order valence-corrected chi connectivity index (χ4v) is 1.35. The van der Waals surface area contributed by atoms with E-state index in [1.807, 2.05) is 36.4 Å². The fourth-order valence-electron chi connectivity index (χ4n) is 1.35. The summed E-state index contributed by atoms with van der Waals surface area (Å²) < 4.78 is 0. The molecule has 0 unspecified atom stereocenters. The average molecular weight is 209 g/mol. The Morgan fingerprint density at radius 3 is 2.38 bits per heavy atom. The number of ketones is 1. The van der Waals surface area contributed by atoms with Crippen LogP contribution in [0.2, 0.25) is 0 Å². The molecule has 78 valence electrons. The van der Waals surface area contributed by atoms with E-state index in [0.717, 1.165) is 5.56 Å². The summed E-state index contributed by atoms with van der Waals surface area (Å²) in [5, 5.41) is 0. The molecule has 0 aliphatic rings. The minimum Gasteiger partial charge on any atom is -0.289 e. The molecule has 2 aromatic rings. The third-order valence-electron chi connectivity index (χ3n) is 2.19. The third kappa shape index (κ3) is 2.64. The van der Waals surface area contributed by atoms with Gasteiger partial charge < -0.3 is 0 Å². The van der Waals surface area contributed by atoms with Crippen LogP contribution in [0.4, 0.5) is 0 Å². The van der Waals surface area contributed by atoms with E-state index in [1.54, 1.807) is 30.6 Å². The smallest absolute Gasteiger partial charge is 0.185 e. The van der Waals surface area contributed by atoms with Gasteiger partial charge in [-0.1, -0.05) is 36.4 Å². The van der Waals surface area contributed by atoms with Crippen molar-refractivity contribution in [3.8, 4) is 0 Å². The molecular weight excluding hydrogens is 198 g/mol. The van der Waals surface area contributed by atoms with Crippen LogP contribution >= 0.6 is 0 Å². The van der Waals surface area contributed by atoms with E-state index in [1.165, 1.54) is 0 Å².